The van der Waals surface area contributed by atoms with Crippen LogP contribution in [0.25, 0.3) is 0 Å². The molecule has 0 bridgehead atoms. The summed E-state index contributed by atoms with van der Waals surface area (Å²) in [5.41, 5.74) is 0.592. The summed E-state index contributed by atoms with van der Waals surface area (Å²) < 4.78 is 18.7. The minimum absolute atomic E-state index is 0.232. The van der Waals surface area contributed by atoms with Gasteiger partial charge in [-0.25, -0.2) is 14.4 Å². The van der Waals surface area contributed by atoms with Crippen LogP contribution in [-0.4, -0.2) is 16.6 Å². The van der Waals surface area contributed by atoms with Gasteiger partial charge in [-0.1, -0.05) is 18.2 Å². The van der Waals surface area contributed by atoms with Gasteiger partial charge >= 0.3 is 0 Å². The number of ether oxygens (including phenoxy) is 1. The second kappa shape index (κ2) is 5.95. The second-order valence-corrected chi connectivity index (χ2v) is 3.62. The summed E-state index contributed by atoms with van der Waals surface area (Å²) in [6.07, 6.45) is 1.41. The number of halogens is 1. The molecule has 4 nitrogen and oxygen atoms in total. The molecule has 1 aromatic carbocycles. The van der Waals surface area contributed by atoms with Crippen LogP contribution in [0.2, 0.25) is 0 Å². The van der Waals surface area contributed by atoms with Crippen LogP contribution in [0.15, 0.2) is 36.7 Å². The molecule has 2 rings (SSSR count). The van der Waals surface area contributed by atoms with Crippen molar-refractivity contribution in [1.82, 2.24) is 9.97 Å². The van der Waals surface area contributed by atoms with E-state index in [-0.39, 0.29) is 5.82 Å². The zero-order chi connectivity index (χ0) is 12.8. The highest BCUT2D eigenvalue weighted by Crippen LogP contribution is 2.13. The summed E-state index contributed by atoms with van der Waals surface area (Å²) in [6, 6.07) is 8.31. The van der Waals surface area contributed by atoms with Crippen LogP contribution < -0.4 is 10.1 Å². The van der Waals surface area contributed by atoms with Crippen LogP contribution in [0.4, 0.5) is 10.2 Å². The molecule has 0 saturated carbocycles. The summed E-state index contributed by atoms with van der Waals surface area (Å²) in [4.78, 5) is 8.00. The molecule has 18 heavy (non-hydrogen) atoms. The molecule has 0 saturated heterocycles. The Morgan fingerprint density at radius 3 is 2.89 bits per heavy atom. The lowest BCUT2D eigenvalue weighted by Gasteiger charge is -2.07. The Labute approximate surface area is 105 Å². The molecule has 94 valence electrons. The third-order valence-corrected chi connectivity index (χ3v) is 2.35. The molecule has 0 radical (unpaired) electrons. The molecule has 0 unspecified atom stereocenters. The van der Waals surface area contributed by atoms with E-state index in [2.05, 4.69) is 15.3 Å². The van der Waals surface area contributed by atoms with Gasteiger partial charge in [0.25, 0.3) is 0 Å². The molecule has 2 aromatic rings. The monoisotopic (exact) mass is 247 g/mol. The van der Waals surface area contributed by atoms with Crippen LogP contribution in [0.1, 0.15) is 12.5 Å². The van der Waals surface area contributed by atoms with Gasteiger partial charge < -0.3 is 10.1 Å². The van der Waals surface area contributed by atoms with E-state index in [1.54, 1.807) is 24.3 Å². The van der Waals surface area contributed by atoms with Crippen LogP contribution in [-0.2, 0) is 6.54 Å². The van der Waals surface area contributed by atoms with Crippen LogP contribution in [0.5, 0.6) is 5.88 Å². The molecule has 0 atom stereocenters. The summed E-state index contributed by atoms with van der Waals surface area (Å²) in [5, 5.41) is 3.03. The average Bonchev–Trinajstić information content (AvgIpc) is 2.39. The maximum Gasteiger partial charge on any atom is 0.218 e. The summed E-state index contributed by atoms with van der Waals surface area (Å²) in [7, 11) is 0. The molecule has 0 aliphatic carbocycles. The fourth-order valence-corrected chi connectivity index (χ4v) is 1.49. The highest BCUT2D eigenvalue weighted by molar-refractivity contribution is 5.38. The number of hydrogen-bond acceptors (Lipinski definition) is 4. The molecule has 0 amide bonds. The number of benzene rings is 1. The Balaban J connectivity index is 2.02. The quantitative estimate of drug-likeness (QED) is 0.882. The predicted molar refractivity (Wildman–Crippen MR) is 66.9 cm³/mol. The van der Waals surface area contributed by atoms with Crippen LogP contribution >= 0.6 is 0 Å². The Morgan fingerprint density at radius 1 is 1.28 bits per heavy atom. The van der Waals surface area contributed by atoms with E-state index in [4.69, 9.17) is 4.74 Å². The van der Waals surface area contributed by atoms with E-state index in [0.29, 0.717) is 30.4 Å². The lowest BCUT2D eigenvalue weighted by molar-refractivity contribution is 0.326. The van der Waals surface area contributed by atoms with Crippen LogP contribution in [0.3, 0.4) is 0 Å². The largest absolute Gasteiger partial charge is 0.478 e. The number of aromatic nitrogens is 2. The molecule has 0 aliphatic rings. The van der Waals surface area contributed by atoms with E-state index in [9.17, 15) is 4.39 Å². The molecule has 1 N–H and O–H groups in total. The second-order valence-electron chi connectivity index (χ2n) is 3.62. The topological polar surface area (TPSA) is 47.0 Å². The van der Waals surface area contributed by atoms with Crippen LogP contribution in [0, 0.1) is 5.82 Å². The van der Waals surface area contributed by atoms with Crippen molar-refractivity contribution < 1.29 is 9.13 Å². The smallest absolute Gasteiger partial charge is 0.218 e. The Bertz CT molecular complexity index is 519. The molecule has 0 aliphatic heterocycles. The highest BCUT2D eigenvalue weighted by Gasteiger charge is 2.02. The van der Waals surface area contributed by atoms with Crippen molar-refractivity contribution in [1.29, 1.82) is 0 Å². The first kappa shape index (κ1) is 12.3. The maximum absolute atomic E-state index is 13.4. The third kappa shape index (κ3) is 3.16. The van der Waals surface area contributed by atoms with E-state index in [1.807, 2.05) is 6.92 Å². The SMILES string of the molecule is CCOc1cc(NCc2ccccc2F)ncn1. The molecular weight excluding hydrogens is 233 g/mol. The average molecular weight is 247 g/mol. The van der Waals surface area contributed by atoms with Crippen molar-refractivity contribution in [3.8, 4) is 5.88 Å². The molecule has 5 heteroatoms. The van der Waals surface area contributed by atoms with E-state index < -0.39 is 0 Å². The van der Waals surface area contributed by atoms with E-state index in [0.717, 1.165) is 0 Å². The predicted octanol–water partition coefficient (Wildman–Crippen LogP) is 2.63. The normalized spacial score (nSPS) is 10.1. The van der Waals surface area contributed by atoms with E-state index in [1.165, 1.54) is 12.4 Å². The van der Waals surface area contributed by atoms with Crippen molar-refractivity contribution >= 4 is 5.82 Å². The fraction of sp³-hybridized carbons (Fsp3) is 0.231. The maximum atomic E-state index is 13.4. The number of hydrogen-bond donors (Lipinski definition) is 1. The van der Waals surface area contributed by atoms with Crippen molar-refractivity contribution in [3.63, 3.8) is 0 Å². The van der Waals surface area contributed by atoms with Gasteiger partial charge in [0.1, 0.15) is 18.0 Å². The van der Waals surface area contributed by atoms with Crippen molar-refractivity contribution in [2.45, 2.75) is 13.5 Å². The fourth-order valence-electron chi connectivity index (χ4n) is 1.49. The Hall–Kier alpha value is -2.17. The summed E-state index contributed by atoms with van der Waals surface area (Å²) >= 11 is 0. The van der Waals surface area contributed by atoms with Gasteiger partial charge in [0, 0.05) is 18.2 Å². The standard InChI is InChI=1S/C13H14FN3O/c1-2-18-13-7-12(16-9-17-13)15-8-10-5-3-4-6-11(10)14/h3-7,9H,2,8H2,1H3,(H,15,16,17). The first-order chi connectivity index (χ1) is 8.79. The zero-order valence-corrected chi connectivity index (χ0v) is 10.1. The summed E-state index contributed by atoms with van der Waals surface area (Å²) in [5.74, 6) is 0.879. The van der Waals surface area contributed by atoms with E-state index >= 15 is 0 Å². The summed E-state index contributed by atoms with van der Waals surface area (Å²) in [6.45, 7) is 2.80. The third-order valence-electron chi connectivity index (χ3n) is 2.35. The lowest BCUT2D eigenvalue weighted by Crippen LogP contribution is -2.04. The molecule has 1 aromatic heterocycles. The molecule has 0 fully saturated rings. The number of nitrogens with zero attached hydrogens (tertiary/aromatic N) is 2. The zero-order valence-electron chi connectivity index (χ0n) is 10.1. The molecule has 1 heterocycles. The number of nitrogens with one attached hydrogen (secondary N) is 1. The molecular formula is C13H14FN3O. The Morgan fingerprint density at radius 2 is 2.11 bits per heavy atom. The first-order valence-electron chi connectivity index (χ1n) is 5.71. The Kier molecular flexibility index (Phi) is 4.06. The number of anilines is 1. The molecule has 0 spiro atoms. The van der Waals surface area contributed by atoms with Gasteiger partial charge in [-0.3, -0.25) is 0 Å². The van der Waals surface area contributed by atoms with Gasteiger partial charge in [0.2, 0.25) is 5.88 Å². The van der Waals surface area contributed by atoms with Crippen molar-refractivity contribution in [2.24, 2.45) is 0 Å². The number of rotatable bonds is 5. The minimum atomic E-state index is -0.232. The van der Waals surface area contributed by atoms with Gasteiger partial charge in [-0.15, -0.1) is 0 Å². The van der Waals surface area contributed by atoms with Crippen molar-refractivity contribution in [2.75, 3.05) is 11.9 Å². The highest BCUT2D eigenvalue weighted by atomic mass is 19.1. The minimum Gasteiger partial charge on any atom is -0.478 e. The first-order valence-corrected chi connectivity index (χ1v) is 5.71. The van der Waals surface area contributed by atoms with Gasteiger partial charge in [-0.05, 0) is 13.0 Å². The van der Waals surface area contributed by atoms with Crippen molar-refractivity contribution in [3.05, 3.63) is 48.0 Å². The van der Waals surface area contributed by atoms with Gasteiger partial charge in [-0.2, -0.15) is 0 Å². The van der Waals surface area contributed by atoms with Gasteiger partial charge in [0.05, 0.1) is 6.61 Å². The lowest BCUT2D eigenvalue weighted by atomic mass is 10.2. The van der Waals surface area contributed by atoms with Gasteiger partial charge in [0.15, 0.2) is 0 Å².